The maximum Gasteiger partial charge on any atom is 0.425 e. The molecule has 2 aliphatic heterocycles. The van der Waals surface area contributed by atoms with Gasteiger partial charge in [0, 0.05) is 45.6 Å². The van der Waals surface area contributed by atoms with E-state index in [0.29, 0.717) is 18.4 Å². The highest BCUT2D eigenvalue weighted by molar-refractivity contribution is 7.89. The standard InChI is InChI=1S/C24H33F5N2O6S/c1-15(13-32)14-38(34,35)31-9-3-17(4-10-31)18-11-20(25)22(21(26)12-18)37-19-5-7-30(8-6-19)23(33)36-16(2)24(27,28)29/h11-12,15-17,19,32H,3-10,13-14H2,1-2H3/t15-,16-/m1/s1. The number of benzene rings is 1. The number of rotatable bonds is 8. The Kier molecular flexibility index (Phi) is 9.85. The molecule has 1 aromatic carbocycles. The van der Waals surface area contributed by atoms with E-state index in [2.05, 4.69) is 4.74 Å². The lowest BCUT2D eigenvalue weighted by atomic mass is 9.90. The molecule has 8 nitrogen and oxygen atoms in total. The number of likely N-dealkylation sites (tertiary alicyclic amines) is 1. The molecule has 0 bridgehead atoms. The van der Waals surface area contributed by atoms with E-state index < -0.39 is 57.8 Å². The number of hydrogen-bond donors (Lipinski definition) is 1. The van der Waals surface area contributed by atoms with Crippen molar-refractivity contribution in [2.45, 2.75) is 63.8 Å². The van der Waals surface area contributed by atoms with Crippen molar-refractivity contribution < 1.29 is 49.7 Å². The number of alkyl halides is 3. The molecule has 0 aliphatic carbocycles. The normalized spacial score (nSPS) is 20.3. The molecule has 0 radical (unpaired) electrons. The van der Waals surface area contributed by atoms with Crippen LogP contribution in [0.15, 0.2) is 12.1 Å². The number of carbonyl (C=O) groups is 1. The molecule has 1 amide bonds. The summed E-state index contributed by atoms with van der Waals surface area (Å²) in [5, 5.41) is 9.13. The number of piperidine rings is 2. The van der Waals surface area contributed by atoms with Crippen molar-refractivity contribution in [3.63, 3.8) is 0 Å². The van der Waals surface area contributed by atoms with Crippen LogP contribution in [0.3, 0.4) is 0 Å². The minimum atomic E-state index is -4.67. The van der Waals surface area contributed by atoms with Crippen molar-refractivity contribution in [2.75, 3.05) is 38.5 Å². The van der Waals surface area contributed by atoms with Crippen LogP contribution >= 0.6 is 0 Å². The van der Waals surface area contributed by atoms with Gasteiger partial charge in [0.2, 0.25) is 10.0 Å². The second-order valence-electron chi connectivity index (χ2n) is 9.93. The van der Waals surface area contributed by atoms with Crippen LogP contribution in [0.2, 0.25) is 0 Å². The third kappa shape index (κ3) is 7.69. The van der Waals surface area contributed by atoms with Crippen LogP contribution in [-0.2, 0) is 14.8 Å². The summed E-state index contributed by atoms with van der Waals surface area (Å²) >= 11 is 0. The summed E-state index contributed by atoms with van der Waals surface area (Å²) in [7, 11) is -3.54. The van der Waals surface area contributed by atoms with E-state index in [1.807, 2.05) is 0 Å². The predicted octanol–water partition coefficient (Wildman–Crippen LogP) is 4.03. The summed E-state index contributed by atoms with van der Waals surface area (Å²) in [6, 6.07) is 2.35. The minimum absolute atomic E-state index is 0.00790. The monoisotopic (exact) mass is 572 g/mol. The number of aliphatic hydroxyl groups excluding tert-OH is 1. The smallest absolute Gasteiger partial charge is 0.425 e. The number of amides is 1. The molecule has 1 aromatic rings. The van der Waals surface area contributed by atoms with Gasteiger partial charge in [-0.25, -0.2) is 26.3 Å². The van der Waals surface area contributed by atoms with E-state index in [4.69, 9.17) is 9.84 Å². The summed E-state index contributed by atoms with van der Waals surface area (Å²) in [6.07, 6.45) is -7.62. The van der Waals surface area contributed by atoms with Gasteiger partial charge in [-0.3, -0.25) is 0 Å². The summed E-state index contributed by atoms with van der Waals surface area (Å²) in [5.41, 5.74) is 0.393. The highest BCUT2D eigenvalue weighted by Gasteiger charge is 2.40. The first-order chi connectivity index (χ1) is 17.7. The molecule has 2 fully saturated rings. The van der Waals surface area contributed by atoms with Crippen molar-refractivity contribution in [3.05, 3.63) is 29.3 Å². The van der Waals surface area contributed by atoms with Gasteiger partial charge in [0.05, 0.1) is 5.75 Å². The predicted molar refractivity (Wildman–Crippen MR) is 127 cm³/mol. The molecule has 0 unspecified atom stereocenters. The fourth-order valence-electron chi connectivity index (χ4n) is 4.53. The van der Waals surface area contributed by atoms with Crippen molar-refractivity contribution in [3.8, 4) is 5.75 Å². The molecule has 38 heavy (non-hydrogen) atoms. The number of ether oxygens (including phenoxy) is 2. The van der Waals surface area contributed by atoms with Crippen LogP contribution < -0.4 is 4.74 Å². The Balaban J connectivity index is 1.54. The zero-order chi connectivity index (χ0) is 28.3. The molecule has 2 heterocycles. The third-order valence-corrected chi connectivity index (χ3v) is 9.01. The number of nitrogens with zero attached hydrogens (tertiary/aromatic N) is 2. The molecular formula is C24H33F5N2O6S. The van der Waals surface area contributed by atoms with Gasteiger partial charge in [-0.1, -0.05) is 6.92 Å². The molecular weight excluding hydrogens is 539 g/mol. The number of carbonyl (C=O) groups excluding carboxylic acids is 1. The van der Waals surface area contributed by atoms with E-state index in [1.54, 1.807) is 6.92 Å². The molecule has 0 saturated carbocycles. The third-order valence-electron chi connectivity index (χ3n) is 6.87. The second kappa shape index (κ2) is 12.3. The Morgan fingerprint density at radius 1 is 1.05 bits per heavy atom. The van der Waals surface area contributed by atoms with Gasteiger partial charge >= 0.3 is 12.3 Å². The Hall–Kier alpha value is -2.19. The highest BCUT2D eigenvalue weighted by atomic mass is 32.2. The van der Waals surface area contributed by atoms with E-state index in [1.165, 1.54) is 16.4 Å². The second-order valence-corrected chi connectivity index (χ2v) is 11.9. The van der Waals surface area contributed by atoms with Crippen LogP contribution in [0.4, 0.5) is 26.7 Å². The lowest BCUT2D eigenvalue weighted by Gasteiger charge is -2.33. The van der Waals surface area contributed by atoms with Crippen LogP contribution in [0.1, 0.15) is 51.0 Å². The largest absolute Gasteiger partial charge is 0.484 e. The zero-order valence-electron chi connectivity index (χ0n) is 21.2. The van der Waals surface area contributed by atoms with E-state index in [-0.39, 0.29) is 57.3 Å². The highest BCUT2D eigenvalue weighted by Crippen LogP contribution is 2.34. The molecule has 216 valence electrons. The van der Waals surface area contributed by atoms with Crippen molar-refractivity contribution >= 4 is 16.1 Å². The Bertz CT molecular complexity index is 1050. The number of halogens is 5. The first-order valence-corrected chi connectivity index (χ1v) is 14.1. The summed E-state index contributed by atoms with van der Waals surface area (Å²) < 4.78 is 104. The lowest BCUT2D eigenvalue weighted by Crippen LogP contribution is -2.44. The number of sulfonamides is 1. The van der Waals surface area contributed by atoms with Gasteiger partial charge in [-0.2, -0.15) is 13.2 Å². The first-order valence-electron chi connectivity index (χ1n) is 12.5. The fraction of sp³-hybridized carbons (Fsp3) is 0.708. The Morgan fingerprint density at radius 3 is 2.11 bits per heavy atom. The molecule has 2 saturated heterocycles. The van der Waals surface area contributed by atoms with Gasteiger partial charge < -0.3 is 19.5 Å². The molecule has 0 spiro atoms. The van der Waals surface area contributed by atoms with Gasteiger partial charge in [-0.05, 0) is 49.3 Å². The molecule has 14 heteroatoms. The number of hydrogen-bond acceptors (Lipinski definition) is 6. The number of aliphatic hydroxyl groups is 1. The lowest BCUT2D eigenvalue weighted by molar-refractivity contribution is -0.200. The fourth-order valence-corrected chi connectivity index (χ4v) is 6.33. The average Bonchev–Trinajstić information content (AvgIpc) is 2.85. The van der Waals surface area contributed by atoms with Crippen molar-refractivity contribution in [1.82, 2.24) is 9.21 Å². The summed E-state index contributed by atoms with van der Waals surface area (Å²) in [6.45, 7) is 2.55. The van der Waals surface area contributed by atoms with Crippen LogP contribution in [0.5, 0.6) is 5.75 Å². The molecule has 2 atom stereocenters. The summed E-state index contributed by atoms with van der Waals surface area (Å²) in [4.78, 5) is 13.0. The molecule has 3 rings (SSSR count). The quantitative estimate of drug-likeness (QED) is 0.473. The summed E-state index contributed by atoms with van der Waals surface area (Å²) in [5.74, 6) is -3.20. The van der Waals surface area contributed by atoms with Gasteiger partial charge in [0.1, 0.15) is 6.10 Å². The van der Waals surface area contributed by atoms with Gasteiger partial charge in [0.15, 0.2) is 23.5 Å². The topological polar surface area (TPSA) is 96.4 Å². The molecule has 1 N–H and O–H groups in total. The molecule has 0 aromatic heterocycles. The van der Waals surface area contributed by atoms with E-state index in [0.717, 1.165) is 11.8 Å². The van der Waals surface area contributed by atoms with E-state index in [9.17, 15) is 35.2 Å². The van der Waals surface area contributed by atoms with Gasteiger partial charge in [0.25, 0.3) is 0 Å². The van der Waals surface area contributed by atoms with Gasteiger partial charge in [-0.15, -0.1) is 0 Å². The SMILES string of the molecule is C[C@H](CO)CS(=O)(=O)N1CCC(c2cc(F)c(OC3CCN(C(=O)O[C@H](C)C(F)(F)F)CC3)c(F)c2)CC1. The average molecular weight is 573 g/mol. The van der Waals surface area contributed by atoms with Crippen LogP contribution in [0, 0.1) is 17.6 Å². The van der Waals surface area contributed by atoms with Crippen molar-refractivity contribution in [1.29, 1.82) is 0 Å². The van der Waals surface area contributed by atoms with Crippen LogP contribution in [0.25, 0.3) is 0 Å². The van der Waals surface area contributed by atoms with Crippen LogP contribution in [-0.4, -0.2) is 85.7 Å². The minimum Gasteiger partial charge on any atom is -0.484 e. The molecule has 2 aliphatic rings. The maximum absolute atomic E-state index is 14.8. The van der Waals surface area contributed by atoms with E-state index >= 15 is 0 Å². The zero-order valence-corrected chi connectivity index (χ0v) is 22.0. The Morgan fingerprint density at radius 2 is 1.61 bits per heavy atom. The maximum atomic E-state index is 14.8. The Labute approximate surface area is 218 Å². The first kappa shape index (κ1) is 30.4. The van der Waals surface area contributed by atoms with Crippen molar-refractivity contribution in [2.24, 2.45) is 5.92 Å².